The summed E-state index contributed by atoms with van der Waals surface area (Å²) in [6.45, 7) is 0.549. The third-order valence-corrected chi connectivity index (χ3v) is 3.30. The summed E-state index contributed by atoms with van der Waals surface area (Å²) in [7, 11) is 0. The van der Waals surface area contributed by atoms with Crippen LogP contribution in [-0.4, -0.2) is 9.97 Å². The van der Waals surface area contributed by atoms with Crippen molar-refractivity contribution in [2.75, 3.05) is 11.1 Å². The Morgan fingerprint density at radius 1 is 1.14 bits per heavy atom. The summed E-state index contributed by atoms with van der Waals surface area (Å²) < 4.78 is 5.32. The largest absolute Gasteiger partial charge is 0.463 e. The van der Waals surface area contributed by atoms with E-state index in [-0.39, 0.29) is 5.95 Å². The predicted molar refractivity (Wildman–Crippen MR) is 82.9 cm³/mol. The van der Waals surface area contributed by atoms with Crippen molar-refractivity contribution < 1.29 is 4.42 Å². The number of benzene rings is 1. The number of nitrogens with two attached hydrogens (primary N) is 1. The summed E-state index contributed by atoms with van der Waals surface area (Å²) in [4.78, 5) is 8.31. The molecular weight excluding hydrogens is 288 g/mol. The van der Waals surface area contributed by atoms with Crippen molar-refractivity contribution in [2.45, 2.75) is 6.54 Å². The van der Waals surface area contributed by atoms with E-state index in [2.05, 4.69) is 15.3 Å². The molecule has 0 aliphatic rings. The first-order valence-corrected chi connectivity index (χ1v) is 6.76. The van der Waals surface area contributed by atoms with E-state index in [1.54, 1.807) is 18.4 Å². The smallest absolute Gasteiger partial charge is 0.222 e. The number of aromatic nitrogens is 2. The molecule has 21 heavy (non-hydrogen) atoms. The molecule has 3 N–H and O–H groups in total. The highest BCUT2D eigenvalue weighted by atomic mass is 35.5. The number of nitrogens with zero attached hydrogens (tertiary/aromatic N) is 2. The van der Waals surface area contributed by atoms with Gasteiger partial charge in [-0.25, -0.2) is 4.98 Å². The lowest BCUT2D eigenvalue weighted by molar-refractivity contribution is 0.580. The normalized spacial score (nSPS) is 10.5. The number of furan rings is 1. The number of hydrogen-bond acceptors (Lipinski definition) is 5. The summed E-state index contributed by atoms with van der Waals surface area (Å²) in [5.74, 6) is 1.45. The summed E-state index contributed by atoms with van der Waals surface area (Å²) in [6.07, 6.45) is 1.59. The highest BCUT2D eigenvalue weighted by Gasteiger charge is 2.07. The van der Waals surface area contributed by atoms with Crippen LogP contribution in [0.3, 0.4) is 0 Å². The fourth-order valence-corrected chi connectivity index (χ4v) is 2.14. The molecule has 0 unspecified atom stereocenters. The first kappa shape index (κ1) is 13.5. The second-order valence-electron chi connectivity index (χ2n) is 4.42. The van der Waals surface area contributed by atoms with Gasteiger partial charge in [0.15, 0.2) is 5.76 Å². The molecule has 2 heterocycles. The zero-order valence-electron chi connectivity index (χ0n) is 11.1. The topological polar surface area (TPSA) is 77.0 Å². The van der Waals surface area contributed by atoms with E-state index in [0.29, 0.717) is 28.8 Å². The molecule has 3 rings (SSSR count). The Balaban J connectivity index is 1.81. The van der Waals surface area contributed by atoms with E-state index in [1.165, 1.54) is 0 Å². The van der Waals surface area contributed by atoms with Crippen molar-refractivity contribution in [3.63, 3.8) is 0 Å². The van der Waals surface area contributed by atoms with Crippen molar-refractivity contribution in [1.29, 1.82) is 0 Å². The van der Waals surface area contributed by atoms with Gasteiger partial charge < -0.3 is 15.5 Å². The van der Waals surface area contributed by atoms with E-state index < -0.39 is 0 Å². The lowest BCUT2D eigenvalue weighted by atomic mass is 10.2. The second-order valence-corrected chi connectivity index (χ2v) is 4.83. The number of halogens is 1. The molecule has 0 bridgehead atoms. The number of anilines is 2. The van der Waals surface area contributed by atoms with Gasteiger partial charge in [-0.15, -0.1) is 0 Å². The molecule has 0 spiro atoms. The number of nitrogen functional groups attached to an aromatic ring is 1. The monoisotopic (exact) mass is 300 g/mol. The highest BCUT2D eigenvalue weighted by molar-refractivity contribution is 6.31. The van der Waals surface area contributed by atoms with E-state index in [1.807, 2.05) is 30.3 Å². The average molecular weight is 301 g/mol. The summed E-state index contributed by atoms with van der Waals surface area (Å²) in [5.41, 5.74) is 7.35. The molecule has 0 radical (unpaired) electrons. The second kappa shape index (κ2) is 5.85. The molecule has 0 amide bonds. The van der Waals surface area contributed by atoms with Crippen LogP contribution in [0.25, 0.3) is 11.5 Å². The molecule has 3 aromatic rings. The van der Waals surface area contributed by atoms with Crippen LogP contribution >= 0.6 is 11.6 Å². The van der Waals surface area contributed by atoms with Crippen LogP contribution in [0.5, 0.6) is 0 Å². The molecular formula is C15H13ClN4O. The molecule has 5 nitrogen and oxygen atoms in total. The molecule has 0 aliphatic carbocycles. The molecule has 6 heteroatoms. The maximum Gasteiger partial charge on any atom is 0.222 e. The van der Waals surface area contributed by atoms with E-state index in [9.17, 15) is 0 Å². The highest BCUT2D eigenvalue weighted by Crippen LogP contribution is 2.22. The fourth-order valence-electron chi connectivity index (χ4n) is 1.93. The minimum atomic E-state index is 0.186. The van der Waals surface area contributed by atoms with Crippen LogP contribution in [0, 0.1) is 0 Å². The third-order valence-electron chi connectivity index (χ3n) is 2.93. The van der Waals surface area contributed by atoms with Crippen molar-refractivity contribution in [1.82, 2.24) is 9.97 Å². The van der Waals surface area contributed by atoms with Crippen LogP contribution in [0.15, 0.2) is 53.1 Å². The molecule has 106 valence electrons. The minimum absolute atomic E-state index is 0.186. The molecule has 0 fully saturated rings. The van der Waals surface area contributed by atoms with Gasteiger partial charge in [-0.3, -0.25) is 0 Å². The number of rotatable bonds is 4. The van der Waals surface area contributed by atoms with Gasteiger partial charge in [0.25, 0.3) is 0 Å². The SMILES string of the molecule is Nc1nc(NCc2ccccc2Cl)cc(-c2ccco2)n1. The maximum atomic E-state index is 6.12. The Labute approximate surface area is 126 Å². The van der Waals surface area contributed by atoms with E-state index >= 15 is 0 Å². The van der Waals surface area contributed by atoms with E-state index in [4.69, 9.17) is 21.8 Å². The first-order chi connectivity index (χ1) is 10.2. The Morgan fingerprint density at radius 3 is 2.76 bits per heavy atom. The van der Waals surface area contributed by atoms with Crippen molar-refractivity contribution in [2.24, 2.45) is 0 Å². The average Bonchev–Trinajstić information content (AvgIpc) is 3.00. The van der Waals surface area contributed by atoms with Gasteiger partial charge >= 0.3 is 0 Å². The van der Waals surface area contributed by atoms with Crippen LogP contribution in [0.2, 0.25) is 5.02 Å². The van der Waals surface area contributed by atoms with Crippen LogP contribution in [0.4, 0.5) is 11.8 Å². The maximum absolute atomic E-state index is 6.12. The van der Waals surface area contributed by atoms with Crippen molar-refractivity contribution >= 4 is 23.4 Å². The first-order valence-electron chi connectivity index (χ1n) is 6.38. The molecule has 0 saturated heterocycles. The van der Waals surface area contributed by atoms with Gasteiger partial charge in [-0.2, -0.15) is 4.98 Å². The Hall–Kier alpha value is -2.53. The standard InChI is InChI=1S/C15H13ClN4O/c16-11-5-2-1-4-10(11)9-18-14-8-12(19-15(17)20-14)13-6-3-7-21-13/h1-8H,9H2,(H3,17,18,19,20). The zero-order chi connectivity index (χ0) is 14.7. The zero-order valence-corrected chi connectivity index (χ0v) is 11.8. The fraction of sp³-hybridized carbons (Fsp3) is 0.0667. The van der Waals surface area contributed by atoms with Gasteiger partial charge in [0.2, 0.25) is 5.95 Å². The number of hydrogen-bond donors (Lipinski definition) is 2. The summed E-state index contributed by atoms with van der Waals surface area (Å²) in [6, 6.07) is 13.0. The lowest BCUT2D eigenvalue weighted by Gasteiger charge is -2.08. The van der Waals surface area contributed by atoms with Gasteiger partial charge in [0, 0.05) is 17.6 Å². The summed E-state index contributed by atoms with van der Waals surface area (Å²) in [5, 5.41) is 3.89. The third kappa shape index (κ3) is 3.14. The lowest BCUT2D eigenvalue weighted by Crippen LogP contribution is -2.05. The van der Waals surface area contributed by atoms with Gasteiger partial charge in [-0.1, -0.05) is 29.8 Å². The summed E-state index contributed by atoms with van der Waals surface area (Å²) >= 11 is 6.12. The van der Waals surface area contributed by atoms with Crippen LogP contribution < -0.4 is 11.1 Å². The Kier molecular flexibility index (Phi) is 3.75. The number of nitrogens with one attached hydrogen (secondary N) is 1. The predicted octanol–water partition coefficient (Wildman–Crippen LogP) is 3.58. The molecule has 0 atom stereocenters. The van der Waals surface area contributed by atoms with Crippen molar-refractivity contribution in [3.05, 3.63) is 59.3 Å². The molecule has 2 aromatic heterocycles. The quantitative estimate of drug-likeness (QED) is 0.770. The van der Waals surface area contributed by atoms with Crippen LogP contribution in [-0.2, 0) is 6.54 Å². The van der Waals surface area contributed by atoms with Crippen LogP contribution in [0.1, 0.15) is 5.56 Å². The minimum Gasteiger partial charge on any atom is -0.463 e. The molecule has 0 aliphatic heterocycles. The van der Waals surface area contributed by atoms with Crippen molar-refractivity contribution in [3.8, 4) is 11.5 Å². The van der Waals surface area contributed by atoms with Gasteiger partial charge in [-0.05, 0) is 23.8 Å². The van der Waals surface area contributed by atoms with Gasteiger partial charge in [0.05, 0.1) is 6.26 Å². The molecule has 1 aromatic carbocycles. The Morgan fingerprint density at radius 2 is 2.00 bits per heavy atom. The Bertz CT molecular complexity index is 743. The van der Waals surface area contributed by atoms with E-state index in [0.717, 1.165) is 5.56 Å². The van der Waals surface area contributed by atoms with Gasteiger partial charge in [0.1, 0.15) is 11.5 Å². The molecule has 0 saturated carbocycles.